The van der Waals surface area contributed by atoms with Gasteiger partial charge in [0.05, 0.1) is 12.1 Å². The number of rotatable bonds is 1. The highest BCUT2D eigenvalue weighted by atomic mass is 32.2. The van der Waals surface area contributed by atoms with Gasteiger partial charge in [-0.3, -0.25) is 4.79 Å². The van der Waals surface area contributed by atoms with Crippen LogP contribution in [0.1, 0.15) is 52.4 Å². The summed E-state index contributed by atoms with van der Waals surface area (Å²) >= 11 is 1.14. The van der Waals surface area contributed by atoms with Crippen LogP contribution in [0.5, 0.6) is 0 Å². The number of carbonyl (C=O) groups is 2. The van der Waals surface area contributed by atoms with Gasteiger partial charge in [0.2, 0.25) is 0 Å². The van der Waals surface area contributed by atoms with Gasteiger partial charge in [-0.05, 0) is 38.5 Å². The first-order valence-electron chi connectivity index (χ1n) is 10.4. The van der Waals surface area contributed by atoms with Gasteiger partial charge in [0.1, 0.15) is 6.10 Å². The normalized spacial score (nSPS) is 41.0. The average molecular weight is 422 g/mol. The van der Waals surface area contributed by atoms with E-state index in [-0.39, 0.29) is 23.7 Å². The molecule has 3 aliphatic rings. The summed E-state index contributed by atoms with van der Waals surface area (Å²) in [4.78, 5) is 24.0. The molecule has 2 bridgehead atoms. The lowest BCUT2D eigenvalue weighted by Crippen LogP contribution is -2.58. The molecule has 3 heterocycles. The van der Waals surface area contributed by atoms with E-state index in [0.29, 0.717) is 18.1 Å². The first kappa shape index (κ1) is 22.1. The zero-order valence-corrected chi connectivity index (χ0v) is 18.0. The predicted octanol–water partition coefficient (Wildman–Crippen LogP) is 3.86. The number of ether oxygens (including phenoxy) is 2. The van der Waals surface area contributed by atoms with Crippen LogP contribution in [0.25, 0.3) is 0 Å². The zero-order chi connectivity index (χ0) is 20.9. The van der Waals surface area contributed by atoms with Gasteiger partial charge in [0.25, 0.3) is 5.24 Å². The number of fused-ring (bicyclic) bond motifs is 2. The number of hydrogen-bond acceptors (Lipinski definition) is 6. The van der Waals surface area contributed by atoms with Gasteiger partial charge in [0, 0.05) is 24.7 Å². The number of amides is 1. The maximum atomic E-state index is 12.4. The molecule has 7 heteroatoms. The molecule has 1 amide bonds. The third-order valence-electron chi connectivity index (χ3n) is 5.62. The Morgan fingerprint density at radius 1 is 1.24 bits per heavy atom. The van der Waals surface area contributed by atoms with Crippen LogP contribution in [0.3, 0.4) is 0 Å². The highest BCUT2D eigenvalue weighted by molar-refractivity contribution is 8.14. The van der Waals surface area contributed by atoms with Crippen molar-refractivity contribution in [3.63, 3.8) is 0 Å². The maximum absolute atomic E-state index is 12.4. The molecule has 1 unspecified atom stereocenters. The molecule has 5 atom stereocenters. The van der Waals surface area contributed by atoms with E-state index in [4.69, 9.17) is 9.47 Å². The molecular weight excluding hydrogens is 390 g/mol. The lowest BCUT2D eigenvalue weighted by Gasteiger charge is -2.43. The molecule has 6 nitrogen and oxygen atoms in total. The Kier molecular flexibility index (Phi) is 7.60. The van der Waals surface area contributed by atoms with Crippen molar-refractivity contribution < 1.29 is 24.2 Å². The monoisotopic (exact) mass is 421 g/mol. The number of thioether (sulfide) groups is 1. The topological polar surface area (TPSA) is 84.9 Å². The van der Waals surface area contributed by atoms with E-state index < -0.39 is 17.9 Å². The van der Waals surface area contributed by atoms with Crippen molar-refractivity contribution in [2.45, 2.75) is 76.4 Å². The van der Waals surface area contributed by atoms with Crippen molar-refractivity contribution in [1.82, 2.24) is 5.32 Å². The number of esters is 1. The second kappa shape index (κ2) is 9.96. The Hall–Kier alpha value is -1.57. The number of aliphatic hydroxyl groups is 1. The van der Waals surface area contributed by atoms with Gasteiger partial charge >= 0.3 is 5.97 Å². The average Bonchev–Trinajstić information content (AvgIpc) is 3.09. The molecular formula is C22H31NO5S. The lowest BCUT2D eigenvalue weighted by molar-refractivity contribution is -0.283. The fourth-order valence-corrected chi connectivity index (χ4v) is 4.85. The third kappa shape index (κ3) is 6.46. The summed E-state index contributed by atoms with van der Waals surface area (Å²) < 4.78 is 11.8. The van der Waals surface area contributed by atoms with E-state index >= 15 is 0 Å². The summed E-state index contributed by atoms with van der Waals surface area (Å²) in [6.07, 6.45) is 13.2. The molecule has 0 aromatic heterocycles. The Labute approximate surface area is 176 Å². The largest absolute Gasteiger partial charge is 0.459 e. The summed E-state index contributed by atoms with van der Waals surface area (Å²) in [5.74, 6) is -1.10. The molecule has 2 saturated heterocycles. The number of carbonyl (C=O) groups excluding carboxylic acids is 2. The highest BCUT2D eigenvalue weighted by Crippen LogP contribution is 2.36. The van der Waals surface area contributed by atoms with Crippen molar-refractivity contribution >= 4 is 23.0 Å². The van der Waals surface area contributed by atoms with Gasteiger partial charge < -0.3 is 19.9 Å². The summed E-state index contributed by atoms with van der Waals surface area (Å²) in [7, 11) is 0. The van der Waals surface area contributed by atoms with E-state index in [1.807, 2.05) is 13.0 Å². The van der Waals surface area contributed by atoms with E-state index in [2.05, 4.69) is 30.5 Å². The summed E-state index contributed by atoms with van der Waals surface area (Å²) in [6, 6.07) is -0.505. The molecule has 0 aromatic rings. The van der Waals surface area contributed by atoms with Crippen LogP contribution in [0, 0.1) is 5.92 Å². The third-order valence-corrected chi connectivity index (χ3v) is 6.50. The zero-order valence-electron chi connectivity index (χ0n) is 17.1. The quantitative estimate of drug-likeness (QED) is 0.626. The molecule has 0 aromatic carbocycles. The molecule has 0 saturated carbocycles. The SMILES string of the molecule is C/C1=C\C(=O)O[C@@H]2CC(CC[C@H](C)/C=C/C=C\CC1)O[C@@](O)([C@@H]1CSC(=O)N1)C2. The Bertz CT molecular complexity index is 703. The van der Waals surface area contributed by atoms with Crippen LogP contribution in [0.15, 0.2) is 36.0 Å². The smallest absolute Gasteiger partial charge is 0.330 e. The second-order valence-electron chi connectivity index (χ2n) is 8.28. The summed E-state index contributed by atoms with van der Waals surface area (Å²) in [5.41, 5.74) is 0.961. The molecule has 0 radical (unpaired) electrons. The molecule has 3 rings (SSSR count). The number of hydrogen-bond donors (Lipinski definition) is 2. The van der Waals surface area contributed by atoms with Crippen LogP contribution in [0.2, 0.25) is 0 Å². The van der Waals surface area contributed by atoms with Crippen molar-refractivity contribution in [3.05, 3.63) is 36.0 Å². The van der Waals surface area contributed by atoms with Crippen LogP contribution in [-0.2, 0) is 14.3 Å². The predicted molar refractivity (Wildman–Crippen MR) is 113 cm³/mol. The minimum atomic E-state index is -1.53. The van der Waals surface area contributed by atoms with Crippen molar-refractivity contribution in [3.8, 4) is 0 Å². The van der Waals surface area contributed by atoms with Gasteiger partial charge in [-0.15, -0.1) is 0 Å². The minimum absolute atomic E-state index is 0.159. The summed E-state index contributed by atoms with van der Waals surface area (Å²) in [5, 5.41) is 13.8. The van der Waals surface area contributed by atoms with Gasteiger partial charge in [-0.25, -0.2) is 4.79 Å². The lowest BCUT2D eigenvalue weighted by atomic mass is 9.90. The van der Waals surface area contributed by atoms with E-state index in [9.17, 15) is 14.7 Å². The van der Waals surface area contributed by atoms with Crippen LogP contribution < -0.4 is 5.32 Å². The van der Waals surface area contributed by atoms with Crippen LogP contribution >= 0.6 is 11.8 Å². The van der Waals surface area contributed by atoms with Crippen LogP contribution in [0.4, 0.5) is 4.79 Å². The standard InChI is InChI=1S/C22H31NO5S/c1-15-7-5-3-4-6-8-16(2)11-20(24)27-18-12-17(10-9-15)28-22(26,13-18)19-14-29-21(25)23-19/h3-5,7,11,15,17-19,26H,6,8-10,12-14H2,1-2H3,(H,23,25)/b4-3-,7-5+,16-11+/t15-,17?,18-,19+,22-/m1/s1. The molecule has 0 spiro atoms. The second-order valence-corrected chi connectivity index (χ2v) is 9.27. The molecule has 160 valence electrons. The van der Waals surface area contributed by atoms with E-state index in [1.165, 1.54) is 6.08 Å². The van der Waals surface area contributed by atoms with Crippen LogP contribution in [-0.4, -0.2) is 46.1 Å². The Morgan fingerprint density at radius 3 is 2.83 bits per heavy atom. The van der Waals surface area contributed by atoms with Gasteiger partial charge in [-0.1, -0.05) is 48.6 Å². The van der Waals surface area contributed by atoms with Crippen molar-refractivity contribution in [1.29, 1.82) is 0 Å². The molecule has 3 aliphatic heterocycles. The molecule has 29 heavy (non-hydrogen) atoms. The van der Waals surface area contributed by atoms with Gasteiger partial charge in [-0.2, -0.15) is 0 Å². The fraction of sp³-hybridized carbons (Fsp3) is 0.636. The highest BCUT2D eigenvalue weighted by Gasteiger charge is 2.49. The van der Waals surface area contributed by atoms with Gasteiger partial charge in [0.15, 0.2) is 5.79 Å². The molecule has 2 N–H and O–H groups in total. The Balaban J connectivity index is 1.78. The molecule has 2 fully saturated rings. The van der Waals surface area contributed by atoms with Crippen molar-refractivity contribution in [2.24, 2.45) is 5.92 Å². The number of nitrogens with one attached hydrogen (secondary N) is 1. The van der Waals surface area contributed by atoms with Crippen molar-refractivity contribution in [2.75, 3.05) is 5.75 Å². The first-order chi connectivity index (χ1) is 13.8. The molecule has 0 aliphatic carbocycles. The summed E-state index contributed by atoms with van der Waals surface area (Å²) in [6.45, 7) is 4.07. The van der Waals surface area contributed by atoms with E-state index in [0.717, 1.165) is 43.0 Å². The Morgan fingerprint density at radius 2 is 2.07 bits per heavy atom. The fourth-order valence-electron chi connectivity index (χ4n) is 3.96. The maximum Gasteiger partial charge on any atom is 0.330 e. The number of allylic oxidation sites excluding steroid dienone is 5. The minimum Gasteiger partial charge on any atom is -0.459 e. The first-order valence-corrected chi connectivity index (χ1v) is 11.4. The van der Waals surface area contributed by atoms with E-state index in [1.54, 1.807) is 0 Å².